The topological polar surface area (TPSA) is 104 Å². The van der Waals surface area contributed by atoms with Crippen molar-refractivity contribution in [1.29, 1.82) is 0 Å². The van der Waals surface area contributed by atoms with Gasteiger partial charge in [-0.25, -0.2) is 4.79 Å². The third kappa shape index (κ3) is 5.07. The number of hydrogen-bond donors (Lipinski definition) is 2. The van der Waals surface area contributed by atoms with Gasteiger partial charge >= 0.3 is 5.69 Å². The smallest absolute Gasteiger partial charge is 0.330 e. The first-order chi connectivity index (χ1) is 14.0. The summed E-state index contributed by atoms with van der Waals surface area (Å²) in [5, 5.41) is 0. The van der Waals surface area contributed by atoms with E-state index in [9.17, 15) is 14.4 Å². The van der Waals surface area contributed by atoms with E-state index in [1.165, 1.54) is 15.9 Å². The molecule has 3 rings (SSSR count). The molecule has 0 atom stereocenters. The van der Waals surface area contributed by atoms with Gasteiger partial charge in [0, 0.05) is 20.1 Å². The lowest BCUT2D eigenvalue weighted by molar-refractivity contribution is -0.130. The normalized spacial score (nSPS) is 14.9. The number of carbonyl (C=O) groups excluding carboxylic acids is 1. The van der Waals surface area contributed by atoms with Gasteiger partial charge in [-0.2, -0.15) is 0 Å². The summed E-state index contributed by atoms with van der Waals surface area (Å²) < 4.78 is 1.32. The van der Waals surface area contributed by atoms with Crippen LogP contribution in [0.1, 0.15) is 37.7 Å². The molecule has 1 aromatic carbocycles. The van der Waals surface area contributed by atoms with Gasteiger partial charge in [0.1, 0.15) is 11.5 Å². The van der Waals surface area contributed by atoms with Crippen LogP contribution in [0.25, 0.3) is 0 Å². The number of nitrogens with zero attached hydrogens (tertiary/aromatic N) is 3. The number of likely N-dealkylation sites (N-methyl/N-ethyl adjacent to an activating group) is 1. The second kappa shape index (κ2) is 9.45. The Morgan fingerprint density at radius 1 is 1.07 bits per heavy atom. The van der Waals surface area contributed by atoms with Crippen molar-refractivity contribution in [1.82, 2.24) is 14.5 Å². The van der Waals surface area contributed by atoms with Gasteiger partial charge in [0.25, 0.3) is 5.56 Å². The largest absolute Gasteiger partial charge is 0.383 e. The van der Waals surface area contributed by atoms with Crippen molar-refractivity contribution in [2.24, 2.45) is 0 Å². The lowest BCUT2D eigenvalue weighted by atomic mass is 10.1. The molecule has 156 valence electrons. The molecule has 0 saturated carbocycles. The minimum Gasteiger partial charge on any atom is -0.383 e. The first kappa shape index (κ1) is 20.7. The Labute approximate surface area is 169 Å². The van der Waals surface area contributed by atoms with Crippen molar-refractivity contribution < 1.29 is 4.79 Å². The number of nitrogens with two attached hydrogens (primary N) is 1. The molecule has 29 heavy (non-hydrogen) atoms. The molecule has 3 N–H and O–H groups in total. The summed E-state index contributed by atoms with van der Waals surface area (Å²) in [7, 11) is 1.65. The lowest BCUT2D eigenvalue weighted by Crippen LogP contribution is -2.43. The number of nitrogen functional groups attached to an aromatic ring is 1. The molecule has 1 aliphatic heterocycles. The quantitative estimate of drug-likeness (QED) is 0.791. The molecule has 1 saturated heterocycles. The molecule has 2 heterocycles. The number of aromatic amines is 1. The van der Waals surface area contributed by atoms with Crippen LogP contribution in [0.5, 0.6) is 0 Å². The van der Waals surface area contributed by atoms with Crippen LogP contribution >= 0.6 is 0 Å². The van der Waals surface area contributed by atoms with E-state index in [4.69, 9.17) is 5.73 Å². The van der Waals surface area contributed by atoms with E-state index in [2.05, 4.69) is 4.98 Å². The van der Waals surface area contributed by atoms with Gasteiger partial charge in [-0.15, -0.1) is 0 Å². The Morgan fingerprint density at radius 3 is 2.34 bits per heavy atom. The average Bonchev–Trinajstić information content (AvgIpc) is 2.65. The van der Waals surface area contributed by atoms with Gasteiger partial charge in [0.05, 0.1) is 13.1 Å². The number of rotatable bonds is 5. The van der Waals surface area contributed by atoms with Crippen molar-refractivity contribution in [3.63, 3.8) is 0 Å². The molecular weight excluding hydrogens is 370 g/mol. The van der Waals surface area contributed by atoms with E-state index in [1.807, 2.05) is 35.2 Å². The number of hydrogen-bond acceptors (Lipinski definition) is 5. The molecule has 1 aromatic heterocycles. The summed E-state index contributed by atoms with van der Waals surface area (Å²) in [5.74, 6) is 0.0274. The van der Waals surface area contributed by atoms with Crippen LogP contribution in [0.15, 0.2) is 39.9 Å². The van der Waals surface area contributed by atoms with Crippen LogP contribution in [0.2, 0.25) is 0 Å². The summed E-state index contributed by atoms with van der Waals surface area (Å²) in [5.41, 5.74) is 6.09. The number of likely N-dealkylation sites (tertiary alicyclic amines) is 1. The highest BCUT2D eigenvalue weighted by Crippen LogP contribution is 2.17. The zero-order chi connectivity index (χ0) is 20.8. The van der Waals surface area contributed by atoms with Crippen LogP contribution in [0.3, 0.4) is 0 Å². The molecule has 0 spiro atoms. The first-order valence-electron chi connectivity index (χ1n) is 10.1. The van der Waals surface area contributed by atoms with Crippen molar-refractivity contribution in [2.45, 2.75) is 38.6 Å². The zero-order valence-corrected chi connectivity index (χ0v) is 16.9. The summed E-state index contributed by atoms with van der Waals surface area (Å²) in [6.45, 7) is 1.76. The van der Waals surface area contributed by atoms with Crippen LogP contribution in [-0.4, -0.2) is 47.0 Å². The maximum absolute atomic E-state index is 12.8. The van der Waals surface area contributed by atoms with Crippen LogP contribution in [0, 0.1) is 0 Å². The fourth-order valence-corrected chi connectivity index (χ4v) is 3.75. The molecule has 8 nitrogen and oxygen atoms in total. The van der Waals surface area contributed by atoms with E-state index >= 15 is 0 Å². The molecule has 1 aliphatic rings. The van der Waals surface area contributed by atoms with E-state index in [-0.39, 0.29) is 30.5 Å². The predicted octanol–water partition coefficient (Wildman–Crippen LogP) is 1.40. The molecule has 2 aromatic rings. The Bertz CT molecular complexity index is 943. The highest BCUT2D eigenvalue weighted by Gasteiger charge is 2.21. The zero-order valence-electron chi connectivity index (χ0n) is 16.9. The summed E-state index contributed by atoms with van der Waals surface area (Å²) >= 11 is 0. The Kier molecular flexibility index (Phi) is 6.74. The molecule has 1 amide bonds. The number of benzene rings is 1. The molecule has 0 radical (unpaired) electrons. The molecule has 0 unspecified atom stereocenters. The number of carbonyl (C=O) groups is 1. The third-order valence-electron chi connectivity index (χ3n) is 5.36. The summed E-state index contributed by atoms with van der Waals surface area (Å²) in [4.78, 5) is 43.3. The fraction of sp³-hybridized carbons (Fsp3) is 0.476. The van der Waals surface area contributed by atoms with Gasteiger partial charge in [-0.05, 0) is 18.4 Å². The number of nitrogens with one attached hydrogen (secondary N) is 1. The van der Waals surface area contributed by atoms with Crippen LogP contribution < -0.4 is 21.9 Å². The number of anilines is 2. The second-order valence-electron chi connectivity index (χ2n) is 7.57. The molecule has 8 heteroatoms. The van der Waals surface area contributed by atoms with E-state index in [1.54, 1.807) is 7.05 Å². The van der Waals surface area contributed by atoms with E-state index in [0.717, 1.165) is 44.3 Å². The van der Waals surface area contributed by atoms with Crippen molar-refractivity contribution in [2.75, 3.05) is 37.3 Å². The lowest BCUT2D eigenvalue weighted by Gasteiger charge is -2.28. The van der Waals surface area contributed by atoms with Crippen molar-refractivity contribution >= 4 is 17.4 Å². The van der Waals surface area contributed by atoms with Crippen LogP contribution in [0.4, 0.5) is 11.5 Å². The predicted molar refractivity (Wildman–Crippen MR) is 114 cm³/mol. The van der Waals surface area contributed by atoms with E-state index < -0.39 is 11.2 Å². The van der Waals surface area contributed by atoms with Gasteiger partial charge < -0.3 is 15.5 Å². The van der Waals surface area contributed by atoms with Crippen LogP contribution in [-0.2, 0) is 11.3 Å². The van der Waals surface area contributed by atoms with Crippen molar-refractivity contribution in [3.8, 4) is 0 Å². The van der Waals surface area contributed by atoms with Gasteiger partial charge in [-0.3, -0.25) is 19.1 Å². The summed E-state index contributed by atoms with van der Waals surface area (Å²) in [6, 6.07) is 9.39. The number of amides is 1. The highest BCUT2D eigenvalue weighted by atomic mass is 16.2. The maximum atomic E-state index is 12.8. The van der Waals surface area contributed by atoms with E-state index in [0.29, 0.717) is 0 Å². The maximum Gasteiger partial charge on any atom is 0.330 e. The molecular formula is C21H29N5O3. The minimum absolute atomic E-state index is 0.0333. The average molecular weight is 399 g/mol. The highest BCUT2D eigenvalue weighted by molar-refractivity contribution is 5.82. The molecule has 0 bridgehead atoms. The third-order valence-corrected chi connectivity index (χ3v) is 5.36. The molecule has 0 aliphatic carbocycles. The first-order valence-corrected chi connectivity index (χ1v) is 10.1. The standard InChI is InChI=1S/C21H29N5O3/c1-24(15-17(27)25-12-8-3-2-4-9-13-25)18-19(22)26(21(29)23-20(18)28)14-16-10-6-5-7-11-16/h5-7,10-11H,2-4,8-9,12-15,22H2,1H3,(H,23,28,29). The Balaban J connectivity index is 1.81. The summed E-state index contributed by atoms with van der Waals surface area (Å²) in [6.07, 6.45) is 5.49. The Morgan fingerprint density at radius 2 is 1.69 bits per heavy atom. The van der Waals surface area contributed by atoms with Gasteiger partial charge in [0.2, 0.25) is 5.91 Å². The SMILES string of the molecule is CN(CC(=O)N1CCCCCCC1)c1c(N)n(Cc2ccccc2)c(=O)[nH]c1=O. The number of aromatic nitrogens is 2. The second-order valence-corrected chi connectivity index (χ2v) is 7.57. The van der Waals surface area contributed by atoms with Gasteiger partial charge in [-0.1, -0.05) is 49.6 Å². The Hall–Kier alpha value is -3.03. The van der Waals surface area contributed by atoms with Crippen molar-refractivity contribution in [3.05, 3.63) is 56.7 Å². The minimum atomic E-state index is -0.584. The fourth-order valence-electron chi connectivity index (χ4n) is 3.75. The molecule has 1 fully saturated rings. The number of H-pyrrole nitrogens is 1. The van der Waals surface area contributed by atoms with Gasteiger partial charge in [0.15, 0.2) is 0 Å². The monoisotopic (exact) mass is 399 g/mol.